The van der Waals surface area contributed by atoms with Gasteiger partial charge in [-0.25, -0.2) is 0 Å². The van der Waals surface area contributed by atoms with Gasteiger partial charge in [0, 0.05) is 48.7 Å². The number of aryl methyl sites for hydroxylation is 2. The molecular formula is C20H26F3N3O. The number of fused-ring (bicyclic) bond motifs is 1. The number of hydrogen-bond donors (Lipinski definition) is 0. The number of anilines is 1. The quantitative estimate of drug-likeness (QED) is 0.679. The topological polar surface area (TPSA) is 30.3 Å². The molecule has 7 heteroatoms. The molecule has 1 aromatic carbocycles. The van der Waals surface area contributed by atoms with Crippen molar-refractivity contribution >= 4 is 5.69 Å². The van der Waals surface area contributed by atoms with E-state index in [2.05, 4.69) is 28.6 Å². The molecule has 2 aromatic rings. The molecule has 2 heterocycles. The number of rotatable bonds is 6. The summed E-state index contributed by atoms with van der Waals surface area (Å²) in [5.41, 5.74) is 2.98. The Balaban J connectivity index is 2.04. The fraction of sp³-hybridized carbons (Fsp3) is 0.550. The summed E-state index contributed by atoms with van der Waals surface area (Å²) in [7, 11) is 1.74. The molecule has 0 N–H and O–H groups in total. The van der Waals surface area contributed by atoms with Gasteiger partial charge >= 0.3 is 6.36 Å². The van der Waals surface area contributed by atoms with Crippen molar-refractivity contribution in [1.29, 1.82) is 0 Å². The summed E-state index contributed by atoms with van der Waals surface area (Å²) in [6.07, 6.45) is 3.61. The zero-order valence-electron chi connectivity index (χ0n) is 16.0. The first-order valence-corrected chi connectivity index (χ1v) is 9.47. The monoisotopic (exact) mass is 381 g/mol. The Morgan fingerprint density at radius 1 is 1.30 bits per heavy atom. The zero-order chi connectivity index (χ0) is 19.6. The number of alkyl halides is 3. The zero-order valence-corrected chi connectivity index (χ0v) is 16.0. The second-order valence-electron chi connectivity index (χ2n) is 7.22. The first-order valence-electron chi connectivity index (χ1n) is 9.47. The van der Waals surface area contributed by atoms with Crippen LogP contribution in [-0.2, 0) is 13.5 Å². The van der Waals surface area contributed by atoms with Crippen LogP contribution in [-0.4, -0.2) is 28.7 Å². The third-order valence-electron chi connectivity index (χ3n) is 5.08. The van der Waals surface area contributed by atoms with Gasteiger partial charge in [0.1, 0.15) is 5.75 Å². The van der Waals surface area contributed by atoms with Crippen LogP contribution < -0.4 is 9.64 Å². The van der Waals surface area contributed by atoms with Crippen LogP contribution in [0.4, 0.5) is 18.9 Å². The maximum atomic E-state index is 13.0. The van der Waals surface area contributed by atoms with Crippen LogP contribution in [0.3, 0.4) is 0 Å². The maximum Gasteiger partial charge on any atom is 0.573 e. The lowest BCUT2D eigenvalue weighted by Crippen LogP contribution is -2.37. The molecule has 0 spiro atoms. The van der Waals surface area contributed by atoms with Gasteiger partial charge in [0.05, 0.1) is 6.20 Å². The van der Waals surface area contributed by atoms with Crippen molar-refractivity contribution in [2.45, 2.75) is 58.4 Å². The van der Waals surface area contributed by atoms with Crippen molar-refractivity contribution < 1.29 is 17.9 Å². The van der Waals surface area contributed by atoms with Crippen molar-refractivity contribution in [3.8, 4) is 16.9 Å². The minimum absolute atomic E-state index is 0.163. The van der Waals surface area contributed by atoms with Crippen molar-refractivity contribution in [2.75, 3.05) is 11.4 Å². The SMILES string of the molecule is CCCCC(C)N1CCCc2cc(-c3cnn(C)c3)c(OC(F)(F)F)cc21. The molecule has 148 valence electrons. The van der Waals surface area contributed by atoms with E-state index >= 15 is 0 Å². The average molecular weight is 381 g/mol. The molecule has 4 nitrogen and oxygen atoms in total. The lowest BCUT2D eigenvalue weighted by Gasteiger charge is -2.37. The number of ether oxygens (including phenoxy) is 1. The summed E-state index contributed by atoms with van der Waals surface area (Å²) in [6, 6.07) is 3.69. The molecule has 0 bridgehead atoms. The lowest BCUT2D eigenvalue weighted by molar-refractivity contribution is -0.274. The Kier molecular flexibility index (Phi) is 5.67. The minimum atomic E-state index is -4.74. The maximum absolute atomic E-state index is 13.0. The third kappa shape index (κ3) is 4.57. The molecule has 1 aromatic heterocycles. The highest BCUT2D eigenvalue weighted by atomic mass is 19.4. The summed E-state index contributed by atoms with van der Waals surface area (Å²) in [5.74, 6) is -0.163. The lowest BCUT2D eigenvalue weighted by atomic mass is 9.94. The van der Waals surface area contributed by atoms with Crippen LogP contribution in [0.5, 0.6) is 5.75 Å². The Morgan fingerprint density at radius 3 is 2.70 bits per heavy atom. The fourth-order valence-corrected chi connectivity index (χ4v) is 3.75. The number of aromatic nitrogens is 2. The van der Waals surface area contributed by atoms with E-state index in [-0.39, 0.29) is 11.8 Å². The molecule has 0 saturated carbocycles. The highest BCUT2D eigenvalue weighted by Gasteiger charge is 2.34. The van der Waals surface area contributed by atoms with Crippen molar-refractivity contribution in [3.05, 3.63) is 30.1 Å². The van der Waals surface area contributed by atoms with Gasteiger partial charge in [-0.3, -0.25) is 4.68 Å². The second kappa shape index (κ2) is 7.82. The van der Waals surface area contributed by atoms with Crippen LogP contribution >= 0.6 is 0 Å². The third-order valence-corrected chi connectivity index (χ3v) is 5.08. The summed E-state index contributed by atoms with van der Waals surface area (Å²) in [4.78, 5) is 2.23. The van der Waals surface area contributed by atoms with Gasteiger partial charge in [-0.1, -0.05) is 19.8 Å². The summed E-state index contributed by atoms with van der Waals surface area (Å²) in [6.45, 7) is 5.14. The van der Waals surface area contributed by atoms with E-state index in [1.165, 1.54) is 0 Å². The molecule has 0 fully saturated rings. The van der Waals surface area contributed by atoms with E-state index in [9.17, 15) is 13.2 Å². The molecular weight excluding hydrogens is 355 g/mol. The predicted molar refractivity (Wildman–Crippen MR) is 100.0 cm³/mol. The van der Waals surface area contributed by atoms with Gasteiger partial charge in [0.25, 0.3) is 0 Å². The molecule has 1 aliphatic heterocycles. The summed E-state index contributed by atoms with van der Waals surface area (Å²) < 4.78 is 45.1. The predicted octanol–water partition coefficient (Wildman–Crippen LogP) is 5.32. The van der Waals surface area contributed by atoms with Crippen LogP contribution in [0.25, 0.3) is 11.1 Å². The number of unbranched alkanes of at least 4 members (excludes halogenated alkanes) is 1. The first-order chi connectivity index (χ1) is 12.8. The van der Waals surface area contributed by atoms with E-state index in [0.717, 1.165) is 49.9 Å². The highest BCUT2D eigenvalue weighted by molar-refractivity contribution is 5.76. The van der Waals surface area contributed by atoms with Gasteiger partial charge in [0.15, 0.2) is 0 Å². The van der Waals surface area contributed by atoms with Gasteiger partial charge in [-0.05, 0) is 37.8 Å². The van der Waals surface area contributed by atoms with Crippen molar-refractivity contribution in [2.24, 2.45) is 7.05 Å². The Morgan fingerprint density at radius 2 is 2.07 bits per heavy atom. The van der Waals surface area contributed by atoms with Crippen molar-refractivity contribution in [3.63, 3.8) is 0 Å². The average Bonchev–Trinajstić information content (AvgIpc) is 3.03. The first kappa shape index (κ1) is 19.6. The van der Waals surface area contributed by atoms with Crippen LogP contribution in [0, 0.1) is 0 Å². The number of halogens is 3. The molecule has 1 unspecified atom stereocenters. The smallest absolute Gasteiger partial charge is 0.405 e. The van der Waals surface area contributed by atoms with Crippen LogP contribution in [0.15, 0.2) is 24.5 Å². The minimum Gasteiger partial charge on any atom is -0.405 e. The molecule has 0 amide bonds. The summed E-state index contributed by atoms with van der Waals surface area (Å²) >= 11 is 0. The van der Waals surface area contributed by atoms with Gasteiger partial charge in [-0.15, -0.1) is 13.2 Å². The molecule has 1 aliphatic rings. The fourth-order valence-electron chi connectivity index (χ4n) is 3.75. The molecule has 27 heavy (non-hydrogen) atoms. The van der Waals surface area contributed by atoms with E-state index < -0.39 is 6.36 Å². The normalized spacial score (nSPS) is 15.6. The number of benzene rings is 1. The molecule has 0 aliphatic carbocycles. The summed E-state index contributed by atoms with van der Waals surface area (Å²) in [5, 5.41) is 4.09. The number of hydrogen-bond acceptors (Lipinski definition) is 3. The van der Waals surface area contributed by atoms with E-state index in [4.69, 9.17) is 0 Å². The molecule has 1 atom stereocenters. The van der Waals surface area contributed by atoms with Crippen molar-refractivity contribution in [1.82, 2.24) is 9.78 Å². The van der Waals surface area contributed by atoms with E-state index in [1.54, 1.807) is 30.2 Å². The van der Waals surface area contributed by atoms with E-state index in [0.29, 0.717) is 11.1 Å². The number of nitrogens with zero attached hydrogens (tertiary/aromatic N) is 3. The highest BCUT2D eigenvalue weighted by Crippen LogP contribution is 2.41. The van der Waals surface area contributed by atoms with Crippen LogP contribution in [0.1, 0.15) is 45.1 Å². The Labute approximate surface area is 157 Å². The van der Waals surface area contributed by atoms with Crippen LogP contribution in [0.2, 0.25) is 0 Å². The molecule has 0 radical (unpaired) electrons. The van der Waals surface area contributed by atoms with E-state index in [1.807, 2.05) is 6.07 Å². The molecule has 3 rings (SSSR count). The molecule has 0 saturated heterocycles. The standard InChI is InChI=1S/C20H26F3N3O/c1-4-5-7-14(2)26-9-6-8-15-10-17(16-12-24-25(3)13-16)19(11-18(15)26)27-20(21,22)23/h10-14H,4-9H2,1-3H3. The Bertz CT molecular complexity index is 785. The largest absolute Gasteiger partial charge is 0.573 e. The van der Waals surface area contributed by atoms with Gasteiger partial charge in [-0.2, -0.15) is 5.10 Å². The second-order valence-corrected chi connectivity index (χ2v) is 7.22. The van der Waals surface area contributed by atoms with Gasteiger partial charge < -0.3 is 9.64 Å². The van der Waals surface area contributed by atoms with Gasteiger partial charge in [0.2, 0.25) is 0 Å². The Hall–Kier alpha value is -2.18.